The van der Waals surface area contributed by atoms with Gasteiger partial charge in [0, 0.05) is 24.0 Å². The maximum Gasteiger partial charge on any atom is 0.258 e. The number of carbonyl (C=O) groups excluding carboxylic acids is 1. The zero-order valence-corrected chi connectivity index (χ0v) is 14.7. The second kappa shape index (κ2) is 7.93. The number of piperidine rings is 1. The van der Waals surface area contributed by atoms with E-state index in [1.54, 1.807) is 11.3 Å². The molecule has 2 aromatic rings. The van der Waals surface area contributed by atoms with Crippen molar-refractivity contribution in [3.63, 3.8) is 0 Å². The molecule has 0 saturated carbocycles. The highest BCUT2D eigenvalue weighted by Crippen LogP contribution is 2.24. The molecule has 1 unspecified atom stereocenters. The van der Waals surface area contributed by atoms with E-state index in [2.05, 4.69) is 16.3 Å². The molecule has 0 bridgehead atoms. The highest BCUT2D eigenvalue weighted by atomic mass is 32.1. The van der Waals surface area contributed by atoms with Gasteiger partial charge in [-0.2, -0.15) is 0 Å². The summed E-state index contributed by atoms with van der Waals surface area (Å²) in [6, 6.07) is 6.21. The maximum atomic E-state index is 14.1. The molecule has 4 nitrogen and oxygen atoms in total. The number of hydrogen-bond donors (Lipinski definition) is 1. The number of thiophene rings is 1. The summed E-state index contributed by atoms with van der Waals surface area (Å²) < 4.78 is 32.6. The van der Waals surface area contributed by atoms with E-state index in [0.717, 1.165) is 32.0 Å². The molecular formula is C18H20F2N2O2S. The molecule has 2 heterocycles. The summed E-state index contributed by atoms with van der Waals surface area (Å²) in [6.45, 7) is 2.48. The van der Waals surface area contributed by atoms with Crippen LogP contribution < -0.4 is 10.1 Å². The van der Waals surface area contributed by atoms with E-state index in [0.29, 0.717) is 6.54 Å². The summed E-state index contributed by atoms with van der Waals surface area (Å²) in [5.41, 5.74) is -0.377. The van der Waals surface area contributed by atoms with E-state index in [4.69, 9.17) is 4.74 Å². The average molecular weight is 366 g/mol. The Balaban J connectivity index is 1.67. The van der Waals surface area contributed by atoms with Crippen molar-refractivity contribution in [3.05, 3.63) is 51.7 Å². The maximum absolute atomic E-state index is 14.1. The van der Waals surface area contributed by atoms with E-state index in [1.807, 2.05) is 11.4 Å². The predicted molar refractivity (Wildman–Crippen MR) is 93.0 cm³/mol. The van der Waals surface area contributed by atoms with Gasteiger partial charge in [0.05, 0.1) is 7.11 Å². The van der Waals surface area contributed by atoms with Crippen LogP contribution in [-0.4, -0.2) is 37.0 Å². The van der Waals surface area contributed by atoms with E-state index < -0.39 is 17.5 Å². The first kappa shape index (κ1) is 17.8. The molecule has 1 N–H and O–H groups in total. The average Bonchev–Trinajstić information content (AvgIpc) is 3.10. The first-order valence-corrected chi connectivity index (χ1v) is 9.04. The Bertz CT molecular complexity index is 737. The minimum Gasteiger partial charge on any atom is -0.496 e. The quantitative estimate of drug-likeness (QED) is 0.882. The summed E-state index contributed by atoms with van der Waals surface area (Å²) in [6.07, 6.45) is 1.75. The zero-order valence-electron chi connectivity index (χ0n) is 13.9. The molecule has 0 aliphatic carbocycles. The standard InChI is InChI=1S/C18H20F2N2O2S/c1-24-15-7-6-14(19)17(20)16(15)18(23)21-12-4-2-8-22(10-12)11-13-5-3-9-25-13/h3,5-7,9,12H,2,4,8,10-11H2,1H3,(H,21,23). The molecule has 1 aliphatic rings. The highest BCUT2D eigenvalue weighted by Gasteiger charge is 2.26. The largest absolute Gasteiger partial charge is 0.496 e. The van der Waals surface area contributed by atoms with E-state index >= 15 is 0 Å². The Labute approximate surface area is 149 Å². The first-order valence-electron chi connectivity index (χ1n) is 8.16. The van der Waals surface area contributed by atoms with Crippen molar-refractivity contribution < 1.29 is 18.3 Å². The lowest BCUT2D eigenvalue weighted by Gasteiger charge is -2.33. The molecule has 1 atom stereocenters. The third-order valence-corrected chi connectivity index (χ3v) is 5.17. The number of halogens is 2. The topological polar surface area (TPSA) is 41.6 Å². The van der Waals surface area contributed by atoms with Crippen molar-refractivity contribution in [3.8, 4) is 5.75 Å². The van der Waals surface area contributed by atoms with Crippen LogP contribution in [0.1, 0.15) is 28.1 Å². The van der Waals surface area contributed by atoms with Crippen LogP contribution >= 0.6 is 11.3 Å². The fourth-order valence-electron chi connectivity index (χ4n) is 3.11. The zero-order chi connectivity index (χ0) is 17.8. The third-order valence-electron chi connectivity index (χ3n) is 4.30. The van der Waals surface area contributed by atoms with Crippen LogP contribution in [0.15, 0.2) is 29.6 Å². The number of carbonyl (C=O) groups is 1. The van der Waals surface area contributed by atoms with Gasteiger partial charge in [0.15, 0.2) is 11.6 Å². The number of rotatable bonds is 5. The number of benzene rings is 1. The number of nitrogens with one attached hydrogen (secondary N) is 1. The molecule has 0 spiro atoms. The van der Waals surface area contributed by atoms with Crippen molar-refractivity contribution in [2.75, 3.05) is 20.2 Å². The van der Waals surface area contributed by atoms with Crippen molar-refractivity contribution in [2.24, 2.45) is 0 Å². The minimum absolute atomic E-state index is 0.0302. The second-order valence-electron chi connectivity index (χ2n) is 6.07. The van der Waals surface area contributed by atoms with Crippen LogP contribution in [0.3, 0.4) is 0 Å². The van der Waals surface area contributed by atoms with Gasteiger partial charge in [0.1, 0.15) is 11.3 Å². The number of nitrogens with zero attached hydrogens (tertiary/aromatic N) is 1. The van der Waals surface area contributed by atoms with Gasteiger partial charge in [-0.15, -0.1) is 11.3 Å². The number of hydrogen-bond acceptors (Lipinski definition) is 4. The number of ether oxygens (including phenoxy) is 1. The van der Waals surface area contributed by atoms with Crippen molar-refractivity contribution in [1.29, 1.82) is 0 Å². The molecule has 0 radical (unpaired) electrons. The molecule has 1 aromatic carbocycles. The molecule has 134 valence electrons. The van der Waals surface area contributed by atoms with E-state index in [1.165, 1.54) is 18.1 Å². The van der Waals surface area contributed by atoms with E-state index in [-0.39, 0.29) is 17.4 Å². The smallest absolute Gasteiger partial charge is 0.258 e. The van der Waals surface area contributed by atoms with Gasteiger partial charge in [0.25, 0.3) is 5.91 Å². The van der Waals surface area contributed by atoms with Crippen LogP contribution in [0.4, 0.5) is 8.78 Å². The molecule has 1 aliphatic heterocycles. The molecule has 25 heavy (non-hydrogen) atoms. The fraction of sp³-hybridized carbons (Fsp3) is 0.389. The summed E-state index contributed by atoms with van der Waals surface area (Å²) in [7, 11) is 1.33. The molecule has 1 saturated heterocycles. The monoisotopic (exact) mass is 366 g/mol. The molecular weight excluding hydrogens is 346 g/mol. The predicted octanol–water partition coefficient (Wildman–Crippen LogP) is 3.43. The minimum atomic E-state index is -1.18. The molecule has 1 amide bonds. The normalized spacial score (nSPS) is 18.1. The Morgan fingerprint density at radius 2 is 2.24 bits per heavy atom. The highest BCUT2D eigenvalue weighted by molar-refractivity contribution is 7.09. The van der Waals surface area contributed by atoms with Crippen LogP contribution in [0.5, 0.6) is 5.75 Å². The second-order valence-corrected chi connectivity index (χ2v) is 7.10. The van der Waals surface area contributed by atoms with Crippen LogP contribution in [0.2, 0.25) is 0 Å². The fourth-order valence-corrected chi connectivity index (χ4v) is 3.86. The van der Waals surface area contributed by atoms with Crippen LogP contribution in [0, 0.1) is 11.6 Å². The molecule has 7 heteroatoms. The van der Waals surface area contributed by atoms with Crippen LogP contribution in [0.25, 0.3) is 0 Å². The Hall–Kier alpha value is -1.99. The SMILES string of the molecule is COc1ccc(F)c(F)c1C(=O)NC1CCCN(Cc2cccs2)C1. The summed E-state index contributed by atoms with van der Waals surface area (Å²) >= 11 is 1.70. The lowest BCUT2D eigenvalue weighted by molar-refractivity contribution is 0.0892. The van der Waals surface area contributed by atoms with Gasteiger partial charge in [-0.1, -0.05) is 6.07 Å². The number of amides is 1. The van der Waals surface area contributed by atoms with Gasteiger partial charge < -0.3 is 10.1 Å². The third kappa shape index (κ3) is 4.16. The summed E-state index contributed by atoms with van der Waals surface area (Å²) in [4.78, 5) is 16.0. The Morgan fingerprint density at radius 3 is 2.96 bits per heavy atom. The van der Waals surface area contributed by atoms with E-state index in [9.17, 15) is 13.6 Å². The lowest BCUT2D eigenvalue weighted by atomic mass is 10.0. The Morgan fingerprint density at radius 1 is 1.40 bits per heavy atom. The van der Waals surface area contributed by atoms with Crippen molar-refractivity contribution in [1.82, 2.24) is 10.2 Å². The van der Waals surface area contributed by atoms with Gasteiger partial charge >= 0.3 is 0 Å². The van der Waals surface area contributed by atoms with Crippen molar-refractivity contribution >= 4 is 17.2 Å². The lowest BCUT2D eigenvalue weighted by Crippen LogP contribution is -2.47. The molecule has 1 fully saturated rings. The van der Waals surface area contributed by atoms with Gasteiger partial charge in [0.2, 0.25) is 0 Å². The van der Waals surface area contributed by atoms with Gasteiger partial charge in [-0.05, 0) is 43.0 Å². The Kier molecular flexibility index (Phi) is 5.65. The molecule has 3 rings (SSSR count). The van der Waals surface area contributed by atoms with Crippen molar-refractivity contribution in [2.45, 2.75) is 25.4 Å². The van der Waals surface area contributed by atoms with Gasteiger partial charge in [-0.25, -0.2) is 8.78 Å². The van der Waals surface area contributed by atoms with Gasteiger partial charge in [-0.3, -0.25) is 9.69 Å². The number of likely N-dealkylation sites (tertiary alicyclic amines) is 1. The summed E-state index contributed by atoms with van der Waals surface area (Å²) in [5.74, 6) is -2.85. The molecule has 1 aromatic heterocycles. The summed E-state index contributed by atoms with van der Waals surface area (Å²) in [5, 5.41) is 4.86. The number of methoxy groups -OCH3 is 1. The first-order chi connectivity index (χ1) is 12.1. The van der Waals surface area contributed by atoms with Crippen LogP contribution in [-0.2, 0) is 6.54 Å².